The fourth-order valence-corrected chi connectivity index (χ4v) is 2.13. The van der Waals surface area contributed by atoms with Crippen molar-refractivity contribution in [3.05, 3.63) is 0 Å². The van der Waals surface area contributed by atoms with Crippen LogP contribution in [0.5, 0.6) is 0 Å². The number of alkyl halides is 3. The van der Waals surface area contributed by atoms with Crippen LogP contribution >= 0.6 is 24.0 Å². The lowest BCUT2D eigenvalue weighted by Gasteiger charge is -2.28. The lowest BCUT2D eigenvalue weighted by atomic mass is 9.97. The van der Waals surface area contributed by atoms with Gasteiger partial charge in [-0.25, -0.2) is 0 Å². The molecule has 0 spiro atoms. The fraction of sp³-hybridized carbons (Fsp3) is 0.923. The van der Waals surface area contributed by atoms with Gasteiger partial charge in [-0.3, -0.25) is 4.99 Å². The van der Waals surface area contributed by atoms with Crippen molar-refractivity contribution in [2.24, 2.45) is 10.9 Å². The van der Waals surface area contributed by atoms with E-state index in [0.29, 0.717) is 25.0 Å². The van der Waals surface area contributed by atoms with E-state index in [1.54, 1.807) is 0 Å². The second-order valence-electron chi connectivity index (χ2n) is 5.26. The molecule has 2 N–H and O–H groups in total. The van der Waals surface area contributed by atoms with E-state index < -0.39 is 12.6 Å². The van der Waals surface area contributed by atoms with Gasteiger partial charge in [-0.05, 0) is 45.8 Å². The number of nitrogens with zero attached hydrogens (tertiary/aromatic N) is 2. The van der Waals surface area contributed by atoms with Crippen LogP contribution in [0.2, 0.25) is 0 Å². The molecule has 0 atom stereocenters. The van der Waals surface area contributed by atoms with Gasteiger partial charge in [0.1, 0.15) is 0 Å². The first-order valence-corrected chi connectivity index (χ1v) is 7.18. The predicted octanol–water partition coefficient (Wildman–Crippen LogP) is 2.45. The summed E-state index contributed by atoms with van der Waals surface area (Å²) in [6, 6.07) is 0. The van der Waals surface area contributed by atoms with Crippen molar-refractivity contribution in [1.29, 1.82) is 0 Å². The van der Waals surface area contributed by atoms with Crippen molar-refractivity contribution in [2.45, 2.75) is 32.4 Å². The Morgan fingerprint density at radius 2 is 1.86 bits per heavy atom. The standard InChI is InChI=1S/C13H25F3N4.HI/c1-3-17-12(18-7-6-13(14,15)16)19-10-11-4-8-20(2)9-5-11;/h11H,3-10H2,1-2H3,(H2,17,18,19);1H. The Morgan fingerprint density at radius 1 is 1.24 bits per heavy atom. The van der Waals surface area contributed by atoms with E-state index in [1.807, 2.05) is 6.92 Å². The molecule has 1 aliphatic heterocycles. The fourth-order valence-electron chi connectivity index (χ4n) is 2.13. The molecule has 1 aliphatic rings. The minimum atomic E-state index is -4.13. The molecule has 1 rings (SSSR count). The summed E-state index contributed by atoms with van der Waals surface area (Å²) in [6.07, 6.45) is -2.77. The van der Waals surface area contributed by atoms with Crippen molar-refractivity contribution in [3.63, 3.8) is 0 Å². The number of rotatable bonds is 5. The summed E-state index contributed by atoms with van der Waals surface area (Å²) in [5.74, 6) is 1.01. The molecule has 1 saturated heterocycles. The largest absolute Gasteiger partial charge is 0.390 e. The Hall–Kier alpha value is -0.250. The second kappa shape index (κ2) is 10.5. The SMILES string of the molecule is CCNC(=NCC1CCN(C)CC1)NCCC(F)(F)F.I. The number of aliphatic imine (C=N–C) groups is 1. The zero-order valence-corrected chi connectivity index (χ0v) is 15.0. The Kier molecular flexibility index (Phi) is 10.3. The normalized spacial score (nSPS) is 18.2. The molecular formula is C13H26F3IN4. The van der Waals surface area contributed by atoms with Crippen molar-refractivity contribution in [1.82, 2.24) is 15.5 Å². The zero-order chi connectivity index (χ0) is 15.0. The third kappa shape index (κ3) is 10.2. The lowest BCUT2D eigenvalue weighted by molar-refractivity contribution is -0.132. The molecule has 0 aliphatic carbocycles. The number of nitrogens with one attached hydrogen (secondary N) is 2. The summed E-state index contributed by atoms with van der Waals surface area (Å²) in [4.78, 5) is 6.68. The van der Waals surface area contributed by atoms with Crippen LogP contribution in [0.3, 0.4) is 0 Å². The maximum atomic E-state index is 12.1. The van der Waals surface area contributed by atoms with Gasteiger partial charge in [0.05, 0.1) is 6.42 Å². The minimum absolute atomic E-state index is 0. The monoisotopic (exact) mass is 422 g/mol. The molecule has 1 heterocycles. The van der Waals surface area contributed by atoms with Gasteiger partial charge in [0, 0.05) is 19.6 Å². The molecule has 0 unspecified atom stereocenters. The van der Waals surface area contributed by atoms with Crippen LogP contribution < -0.4 is 10.6 Å². The van der Waals surface area contributed by atoms with E-state index in [-0.39, 0.29) is 30.5 Å². The first kappa shape index (κ1) is 20.8. The van der Waals surface area contributed by atoms with Crippen molar-refractivity contribution in [2.75, 3.05) is 39.8 Å². The highest BCUT2D eigenvalue weighted by Crippen LogP contribution is 2.18. The molecule has 126 valence electrons. The van der Waals surface area contributed by atoms with E-state index in [4.69, 9.17) is 0 Å². The van der Waals surface area contributed by atoms with Gasteiger partial charge in [-0.1, -0.05) is 0 Å². The Morgan fingerprint density at radius 3 is 2.38 bits per heavy atom. The maximum Gasteiger partial charge on any atom is 0.390 e. The molecule has 8 heteroatoms. The molecule has 4 nitrogen and oxygen atoms in total. The van der Waals surface area contributed by atoms with Gasteiger partial charge in [0.2, 0.25) is 0 Å². The Labute approximate surface area is 142 Å². The molecule has 0 aromatic heterocycles. The molecule has 1 fully saturated rings. The number of piperidine rings is 1. The number of halogens is 4. The minimum Gasteiger partial charge on any atom is -0.357 e. The first-order chi connectivity index (χ1) is 9.40. The van der Waals surface area contributed by atoms with Crippen LogP contribution in [0.15, 0.2) is 4.99 Å². The van der Waals surface area contributed by atoms with Gasteiger partial charge >= 0.3 is 6.18 Å². The van der Waals surface area contributed by atoms with Crippen LogP contribution in [0, 0.1) is 5.92 Å². The first-order valence-electron chi connectivity index (χ1n) is 7.18. The molecule has 21 heavy (non-hydrogen) atoms. The van der Waals surface area contributed by atoms with Gasteiger partial charge in [-0.2, -0.15) is 13.2 Å². The highest BCUT2D eigenvalue weighted by Gasteiger charge is 2.26. The van der Waals surface area contributed by atoms with Crippen molar-refractivity contribution >= 4 is 29.9 Å². The summed E-state index contributed by atoms with van der Waals surface area (Å²) >= 11 is 0. The van der Waals surface area contributed by atoms with Crippen molar-refractivity contribution < 1.29 is 13.2 Å². The summed E-state index contributed by atoms with van der Waals surface area (Å²) in [7, 11) is 2.10. The summed E-state index contributed by atoms with van der Waals surface area (Å²) in [5, 5.41) is 5.71. The van der Waals surface area contributed by atoms with E-state index in [9.17, 15) is 13.2 Å². The van der Waals surface area contributed by atoms with E-state index in [1.165, 1.54) is 0 Å². The predicted molar refractivity (Wildman–Crippen MR) is 90.3 cm³/mol. The van der Waals surface area contributed by atoms with Gasteiger partial charge < -0.3 is 15.5 Å². The average Bonchev–Trinajstić information content (AvgIpc) is 2.36. The van der Waals surface area contributed by atoms with Crippen LogP contribution in [0.1, 0.15) is 26.2 Å². The van der Waals surface area contributed by atoms with Gasteiger partial charge in [0.25, 0.3) is 0 Å². The molecule has 0 bridgehead atoms. The van der Waals surface area contributed by atoms with E-state index in [2.05, 4.69) is 27.6 Å². The molecule has 0 aromatic carbocycles. The Bertz CT molecular complexity index is 302. The van der Waals surface area contributed by atoms with Crippen molar-refractivity contribution in [3.8, 4) is 0 Å². The number of likely N-dealkylation sites (tertiary alicyclic amines) is 1. The molecular weight excluding hydrogens is 396 g/mol. The van der Waals surface area contributed by atoms with Crippen LogP contribution in [-0.2, 0) is 0 Å². The van der Waals surface area contributed by atoms with Gasteiger partial charge in [-0.15, -0.1) is 24.0 Å². The summed E-state index contributed by atoms with van der Waals surface area (Å²) < 4.78 is 36.3. The van der Waals surface area contributed by atoms with Crippen LogP contribution in [-0.4, -0.2) is 56.8 Å². The number of hydrogen-bond donors (Lipinski definition) is 2. The highest BCUT2D eigenvalue weighted by atomic mass is 127. The number of guanidine groups is 1. The molecule has 0 saturated carbocycles. The smallest absolute Gasteiger partial charge is 0.357 e. The second-order valence-corrected chi connectivity index (χ2v) is 5.26. The zero-order valence-electron chi connectivity index (χ0n) is 12.7. The van der Waals surface area contributed by atoms with Crippen LogP contribution in [0.4, 0.5) is 13.2 Å². The third-order valence-corrected chi connectivity index (χ3v) is 3.39. The Balaban J connectivity index is 0.00000400. The summed E-state index contributed by atoms with van der Waals surface area (Å²) in [6.45, 7) is 5.22. The topological polar surface area (TPSA) is 39.7 Å². The van der Waals surface area contributed by atoms with E-state index >= 15 is 0 Å². The maximum absolute atomic E-state index is 12.1. The number of hydrogen-bond acceptors (Lipinski definition) is 2. The van der Waals surface area contributed by atoms with Gasteiger partial charge in [0.15, 0.2) is 5.96 Å². The quantitative estimate of drug-likeness (QED) is 0.406. The molecule has 0 amide bonds. The molecule has 0 radical (unpaired) electrons. The average molecular weight is 422 g/mol. The summed E-state index contributed by atoms with van der Waals surface area (Å²) in [5.41, 5.74) is 0. The van der Waals surface area contributed by atoms with E-state index in [0.717, 1.165) is 25.9 Å². The highest BCUT2D eigenvalue weighted by molar-refractivity contribution is 14.0. The lowest BCUT2D eigenvalue weighted by Crippen LogP contribution is -2.39. The molecule has 0 aromatic rings. The van der Waals surface area contributed by atoms with Crippen LogP contribution in [0.25, 0.3) is 0 Å². The third-order valence-electron chi connectivity index (χ3n) is 3.39.